The molecule has 0 bridgehead atoms. The predicted octanol–water partition coefficient (Wildman–Crippen LogP) is 1.34. The van der Waals surface area contributed by atoms with Crippen molar-refractivity contribution in [2.45, 2.75) is 31.3 Å². The van der Waals surface area contributed by atoms with Gasteiger partial charge in [0.2, 0.25) is 5.91 Å². The molecule has 3 N–H and O–H groups in total. The van der Waals surface area contributed by atoms with Crippen molar-refractivity contribution in [2.24, 2.45) is 5.73 Å². The topological polar surface area (TPSA) is 84.7 Å². The molecule has 6 nitrogen and oxygen atoms in total. The summed E-state index contributed by atoms with van der Waals surface area (Å²) in [7, 11) is 0. The number of hydrogen-bond acceptors (Lipinski definition) is 4. The lowest BCUT2D eigenvalue weighted by Gasteiger charge is -2.19. The third-order valence-electron chi connectivity index (χ3n) is 4.32. The van der Waals surface area contributed by atoms with Crippen LogP contribution in [-0.4, -0.2) is 31.2 Å². The molecule has 2 fully saturated rings. The number of nitrogens with zero attached hydrogens (tertiary/aromatic N) is 1. The normalized spacial score (nSPS) is 24.0. The Labute approximate surface area is 122 Å². The Kier molecular flexibility index (Phi) is 2.68. The number of hydrogen-bond donors (Lipinski definition) is 2. The fraction of sp³-hybridized carbons (Fsp3) is 0.467. The van der Waals surface area contributed by atoms with Crippen LogP contribution < -0.4 is 16.0 Å². The number of fused-ring (bicyclic) bond motifs is 1. The van der Waals surface area contributed by atoms with Crippen molar-refractivity contribution in [2.75, 3.05) is 23.3 Å². The summed E-state index contributed by atoms with van der Waals surface area (Å²) in [4.78, 5) is 25.3. The number of nitrogens with two attached hydrogens (primary N) is 1. The fourth-order valence-corrected chi connectivity index (χ4v) is 3.07. The van der Waals surface area contributed by atoms with Gasteiger partial charge in [0.05, 0.1) is 18.7 Å². The molecule has 21 heavy (non-hydrogen) atoms. The fourth-order valence-electron chi connectivity index (χ4n) is 3.07. The molecular formula is C15H17N3O3. The predicted molar refractivity (Wildman–Crippen MR) is 77.4 cm³/mol. The van der Waals surface area contributed by atoms with Gasteiger partial charge in [0.1, 0.15) is 6.10 Å². The first kappa shape index (κ1) is 12.6. The average molecular weight is 287 g/mol. The summed E-state index contributed by atoms with van der Waals surface area (Å²) in [5, 5.41) is 2.88. The number of anilines is 2. The van der Waals surface area contributed by atoms with Crippen molar-refractivity contribution in [1.29, 1.82) is 0 Å². The molecule has 1 aromatic carbocycles. The summed E-state index contributed by atoms with van der Waals surface area (Å²) < 4.78 is 5.25. The first-order valence-corrected chi connectivity index (χ1v) is 7.30. The number of carbonyl (C=O) groups is 2. The zero-order chi connectivity index (χ0) is 14.6. The zero-order valence-corrected chi connectivity index (χ0v) is 11.6. The van der Waals surface area contributed by atoms with Gasteiger partial charge in [-0.2, -0.15) is 0 Å². The highest BCUT2D eigenvalue weighted by Crippen LogP contribution is 2.47. The zero-order valence-electron chi connectivity index (χ0n) is 11.6. The van der Waals surface area contributed by atoms with E-state index in [9.17, 15) is 9.59 Å². The minimum absolute atomic E-state index is 0.00716. The van der Waals surface area contributed by atoms with E-state index in [1.165, 1.54) is 0 Å². The average Bonchev–Trinajstić information content (AvgIpc) is 3.14. The molecule has 2 heterocycles. The lowest BCUT2D eigenvalue weighted by atomic mass is 10.0. The largest absolute Gasteiger partial charge is 0.443 e. The number of rotatable bonds is 3. The van der Waals surface area contributed by atoms with Crippen LogP contribution in [0.25, 0.3) is 0 Å². The van der Waals surface area contributed by atoms with Crippen LogP contribution >= 0.6 is 0 Å². The molecule has 1 atom stereocenters. The summed E-state index contributed by atoms with van der Waals surface area (Å²) in [6, 6.07) is 3.98. The Morgan fingerprint density at radius 2 is 2.14 bits per heavy atom. The van der Waals surface area contributed by atoms with Crippen LogP contribution in [0.3, 0.4) is 0 Å². The van der Waals surface area contributed by atoms with Gasteiger partial charge in [-0.15, -0.1) is 0 Å². The molecule has 1 aliphatic carbocycles. The van der Waals surface area contributed by atoms with E-state index < -0.39 is 0 Å². The molecule has 0 radical (unpaired) electrons. The van der Waals surface area contributed by atoms with E-state index in [2.05, 4.69) is 5.32 Å². The maximum Gasteiger partial charge on any atom is 0.414 e. The van der Waals surface area contributed by atoms with Crippen molar-refractivity contribution < 1.29 is 14.3 Å². The Bertz CT molecular complexity index is 639. The molecule has 1 saturated heterocycles. The van der Waals surface area contributed by atoms with Gasteiger partial charge in [0, 0.05) is 12.2 Å². The molecular weight excluding hydrogens is 270 g/mol. The standard InChI is InChI=1S/C15H17N3O3/c16-6-10-7-18(15(20)21-10)13-3-9-4-14(19)17-12(9)5-11(13)8-1-2-8/h3,5,8,10H,1-2,4,6-7,16H2,(H,17,19)/t10-/m1/s1. The second-order valence-corrected chi connectivity index (χ2v) is 5.92. The first-order valence-electron chi connectivity index (χ1n) is 7.30. The minimum Gasteiger partial charge on any atom is -0.443 e. The molecule has 2 amide bonds. The van der Waals surface area contributed by atoms with Gasteiger partial charge in [0.25, 0.3) is 0 Å². The van der Waals surface area contributed by atoms with Crippen molar-refractivity contribution in [3.63, 3.8) is 0 Å². The van der Waals surface area contributed by atoms with E-state index in [1.54, 1.807) is 4.90 Å². The molecule has 2 aliphatic heterocycles. The monoisotopic (exact) mass is 287 g/mol. The van der Waals surface area contributed by atoms with E-state index in [0.29, 0.717) is 25.4 Å². The van der Waals surface area contributed by atoms with Crippen molar-refractivity contribution in [1.82, 2.24) is 0 Å². The Morgan fingerprint density at radius 3 is 2.81 bits per heavy atom. The molecule has 6 heteroatoms. The van der Waals surface area contributed by atoms with Gasteiger partial charge in [0.15, 0.2) is 0 Å². The number of ether oxygens (including phenoxy) is 1. The molecule has 110 valence electrons. The summed E-state index contributed by atoms with van der Waals surface area (Å²) >= 11 is 0. The maximum atomic E-state index is 12.1. The maximum absolute atomic E-state index is 12.1. The SMILES string of the molecule is NC[C@@H]1CN(c2cc3c(cc2C2CC2)NC(=O)C3)C(=O)O1. The Morgan fingerprint density at radius 1 is 1.33 bits per heavy atom. The highest BCUT2D eigenvalue weighted by Gasteiger charge is 2.37. The van der Waals surface area contributed by atoms with Gasteiger partial charge in [-0.25, -0.2) is 4.79 Å². The molecule has 0 spiro atoms. The number of nitrogens with one attached hydrogen (secondary N) is 1. The molecule has 3 aliphatic rings. The van der Waals surface area contributed by atoms with Gasteiger partial charge in [-0.1, -0.05) is 0 Å². The lowest BCUT2D eigenvalue weighted by Crippen LogP contribution is -2.28. The van der Waals surface area contributed by atoms with Crippen LogP contribution in [0.2, 0.25) is 0 Å². The van der Waals surface area contributed by atoms with Crippen LogP contribution in [0.15, 0.2) is 12.1 Å². The van der Waals surface area contributed by atoms with Crippen molar-refractivity contribution in [3.8, 4) is 0 Å². The molecule has 0 unspecified atom stereocenters. The first-order chi connectivity index (χ1) is 10.2. The lowest BCUT2D eigenvalue weighted by molar-refractivity contribution is -0.115. The highest BCUT2D eigenvalue weighted by atomic mass is 16.6. The number of amides is 2. The van der Waals surface area contributed by atoms with Gasteiger partial charge < -0.3 is 15.8 Å². The Hall–Kier alpha value is -2.08. The van der Waals surface area contributed by atoms with Crippen LogP contribution in [0.5, 0.6) is 0 Å². The number of benzene rings is 1. The summed E-state index contributed by atoms with van der Waals surface area (Å²) in [6.45, 7) is 0.807. The summed E-state index contributed by atoms with van der Waals surface area (Å²) in [5.74, 6) is 0.486. The third-order valence-corrected chi connectivity index (χ3v) is 4.32. The number of carbonyl (C=O) groups excluding carboxylic acids is 2. The molecule has 1 saturated carbocycles. The summed E-state index contributed by atoms with van der Waals surface area (Å²) in [6.07, 6.45) is 2.03. The summed E-state index contributed by atoms with van der Waals surface area (Å²) in [5.41, 5.74) is 9.44. The second kappa shape index (κ2) is 4.46. The van der Waals surface area contributed by atoms with E-state index in [-0.39, 0.29) is 18.1 Å². The highest BCUT2D eigenvalue weighted by molar-refractivity contribution is 6.01. The molecule has 1 aromatic rings. The van der Waals surface area contributed by atoms with Gasteiger partial charge >= 0.3 is 6.09 Å². The van der Waals surface area contributed by atoms with Crippen LogP contribution in [-0.2, 0) is 16.0 Å². The molecule has 4 rings (SSSR count). The smallest absolute Gasteiger partial charge is 0.414 e. The quantitative estimate of drug-likeness (QED) is 0.878. The van der Waals surface area contributed by atoms with E-state index >= 15 is 0 Å². The van der Waals surface area contributed by atoms with E-state index in [0.717, 1.165) is 35.3 Å². The van der Waals surface area contributed by atoms with E-state index in [1.807, 2.05) is 12.1 Å². The second-order valence-electron chi connectivity index (χ2n) is 5.92. The minimum atomic E-state index is -0.343. The van der Waals surface area contributed by atoms with Crippen LogP contribution in [0.1, 0.15) is 29.9 Å². The van der Waals surface area contributed by atoms with Crippen molar-refractivity contribution in [3.05, 3.63) is 23.3 Å². The number of cyclic esters (lactones) is 1. The van der Waals surface area contributed by atoms with Crippen LogP contribution in [0, 0.1) is 0 Å². The van der Waals surface area contributed by atoms with Gasteiger partial charge in [-0.05, 0) is 42.0 Å². The van der Waals surface area contributed by atoms with Crippen molar-refractivity contribution >= 4 is 23.4 Å². The van der Waals surface area contributed by atoms with Gasteiger partial charge in [-0.3, -0.25) is 9.69 Å². The molecule has 0 aromatic heterocycles. The Balaban J connectivity index is 1.76. The third kappa shape index (κ3) is 2.06. The van der Waals surface area contributed by atoms with E-state index in [4.69, 9.17) is 10.5 Å². The van der Waals surface area contributed by atoms with Crippen LogP contribution in [0.4, 0.5) is 16.2 Å².